The Hall–Kier alpha value is -1.72. The number of alkyl halides is 3. The maximum absolute atomic E-state index is 12.0. The monoisotopic (exact) mass is 229 g/mol. The number of benzene rings is 1. The third kappa shape index (κ3) is 2.10. The Morgan fingerprint density at radius 2 is 2.19 bits per heavy atom. The number of aromatic amines is 1. The third-order valence-electron chi connectivity index (χ3n) is 2.24. The summed E-state index contributed by atoms with van der Waals surface area (Å²) in [4.78, 5) is 13.9. The second kappa shape index (κ2) is 3.70. The van der Waals surface area contributed by atoms with Crippen molar-refractivity contribution in [2.75, 3.05) is 0 Å². The maximum atomic E-state index is 12.0. The highest BCUT2D eigenvalue weighted by Crippen LogP contribution is 2.20. The predicted molar refractivity (Wildman–Crippen MR) is 52.1 cm³/mol. The van der Waals surface area contributed by atoms with E-state index in [0.717, 1.165) is 4.57 Å². The molecule has 1 radical (unpaired) electrons. The summed E-state index contributed by atoms with van der Waals surface area (Å²) in [5.41, 5.74) is 0.432. The molecule has 1 aromatic carbocycles. The molecule has 0 bridgehead atoms. The fraction of sp³-hybridized carbons (Fsp3) is 0.300. The van der Waals surface area contributed by atoms with Crippen LogP contribution in [0.1, 0.15) is 6.42 Å². The first-order valence-corrected chi connectivity index (χ1v) is 4.63. The van der Waals surface area contributed by atoms with Crippen molar-refractivity contribution in [2.45, 2.75) is 19.1 Å². The number of fused-ring (bicyclic) bond motifs is 1. The highest BCUT2D eigenvalue weighted by Gasteiger charge is 2.27. The van der Waals surface area contributed by atoms with Gasteiger partial charge in [0.2, 0.25) is 0 Å². The quantitative estimate of drug-likeness (QED) is 0.841. The van der Waals surface area contributed by atoms with Crippen LogP contribution in [-0.2, 0) is 6.54 Å². The van der Waals surface area contributed by atoms with Crippen LogP contribution in [0.5, 0.6) is 0 Å². The van der Waals surface area contributed by atoms with Crippen LogP contribution in [0, 0.1) is 6.07 Å². The van der Waals surface area contributed by atoms with Gasteiger partial charge in [0.1, 0.15) is 0 Å². The number of nitrogens with one attached hydrogen (secondary N) is 1. The van der Waals surface area contributed by atoms with Gasteiger partial charge in [0, 0.05) is 6.54 Å². The molecule has 0 unspecified atom stereocenters. The van der Waals surface area contributed by atoms with Crippen LogP contribution < -0.4 is 5.69 Å². The fourth-order valence-corrected chi connectivity index (χ4v) is 1.51. The van der Waals surface area contributed by atoms with E-state index in [0.29, 0.717) is 11.0 Å². The number of aromatic nitrogens is 2. The van der Waals surface area contributed by atoms with Crippen molar-refractivity contribution >= 4 is 11.0 Å². The van der Waals surface area contributed by atoms with Gasteiger partial charge >= 0.3 is 11.9 Å². The Morgan fingerprint density at radius 1 is 1.44 bits per heavy atom. The van der Waals surface area contributed by atoms with Crippen molar-refractivity contribution < 1.29 is 13.2 Å². The maximum Gasteiger partial charge on any atom is 0.390 e. The summed E-state index contributed by atoms with van der Waals surface area (Å²) in [6, 6.07) is 7.39. The van der Waals surface area contributed by atoms with Crippen molar-refractivity contribution in [3.05, 3.63) is 34.7 Å². The van der Waals surface area contributed by atoms with Gasteiger partial charge in [0.05, 0.1) is 17.5 Å². The lowest BCUT2D eigenvalue weighted by molar-refractivity contribution is -0.136. The van der Waals surface area contributed by atoms with Crippen LogP contribution in [0.2, 0.25) is 0 Å². The van der Waals surface area contributed by atoms with Gasteiger partial charge < -0.3 is 4.98 Å². The van der Waals surface area contributed by atoms with Gasteiger partial charge in [-0.05, 0) is 18.2 Å². The highest BCUT2D eigenvalue weighted by atomic mass is 19.4. The number of nitrogens with zero attached hydrogens (tertiary/aromatic N) is 1. The van der Waals surface area contributed by atoms with Gasteiger partial charge in [-0.3, -0.25) is 4.57 Å². The molecule has 0 spiro atoms. The summed E-state index contributed by atoms with van der Waals surface area (Å²) in [7, 11) is 0. The van der Waals surface area contributed by atoms with E-state index >= 15 is 0 Å². The molecule has 1 heterocycles. The molecule has 0 atom stereocenters. The van der Waals surface area contributed by atoms with E-state index in [-0.39, 0.29) is 6.54 Å². The molecule has 85 valence electrons. The van der Waals surface area contributed by atoms with Crippen LogP contribution in [0.15, 0.2) is 23.0 Å². The first kappa shape index (κ1) is 10.8. The number of rotatable bonds is 2. The molecule has 2 aromatic rings. The van der Waals surface area contributed by atoms with Gasteiger partial charge in [-0.2, -0.15) is 13.2 Å². The smallest absolute Gasteiger partial charge is 0.306 e. The SMILES string of the molecule is O=c1[nH]c2c[c]ccc2n1CCC(F)(F)F. The summed E-state index contributed by atoms with van der Waals surface area (Å²) in [6.07, 6.45) is -5.28. The van der Waals surface area contributed by atoms with Gasteiger partial charge in [0.25, 0.3) is 0 Å². The number of halogens is 3. The summed E-state index contributed by atoms with van der Waals surface area (Å²) < 4.78 is 37.2. The lowest BCUT2D eigenvalue weighted by Crippen LogP contribution is -2.20. The standard InChI is InChI=1S/C10H8F3N2O/c11-10(12,13)5-6-15-8-4-2-1-3-7(8)14-9(15)16/h2-4H,5-6H2,(H,14,16). The minimum atomic E-state index is -4.26. The summed E-state index contributed by atoms with van der Waals surface area (Å²) in [6.45, 7) is -0.369. The van der Waals surface area contributed by atoms with E-state index < -0.39 is 18.3 Å². The second-order valence-electron chi connectivity index (χ2n) is 3.39. The molecule has 0 aliphatic heterocycles. The van der Waals surface area contributed by atoms with Crippen LogP contribution in [-0.4, -0.2) is 15.7 Å². The summed E-state index contributed by atoms with van der Waals surface area (Å²) >= 11 is 0. The van der Waals surface area contributed by atoms with Gasteiger partial charge in [-0.1, -0.05) is 6.07 Å². The Balaban J connectivity index is 2.37. The van der Waals surface area contributed by atoms with Gasteiger partial charge in [0.15, 0.2) is 0 Å². The first-order chi connectivity index (χ1) is 7.47. The second-order valence-corrected chi connectivity index (χ2v) is 3.39. The van der Waals surface area contributed by atoms with Crippen LogP contribution in [0.4, 0.5) is 13.2 Å². The average Bonchev–Trinajstić information content (AvgIpc) is 2.49. The molecule has 0 aliphatic carbocycles. The Bertz CT molecular complexity index is 553. The van der Waals surface area contributed by atoms with E-state index in [1.165, 1.54) is 6.07 Å². The topological polar surface area (TPSA) is 37.8 Å². The number of imidazole rings is 1. The molecule has 0 amide bonds. The van der Waals surface area contributed by atoms with Crippen LogP contribution in [0.25, 0.3) is 11.0 Å². The van der Waals surface area contributed by atoms with E-state index in [9.17, 15) is 18.0 Å². The van der Waals surface area contributed by atoms with Crippen molar-refractivity contribution in [3.63, 3.8) is 0 Å². The lowest BCUT2D eigenvalue weighted by atomic mass is 10.3. The summed E-state index contributed by atoms with van der Waals surface area (Å²) in [5, 5.41) is 0. The number of aryl methyl sites for hydroxylation is 1. The van der Waals surface area contributed by atoms with Crippen LogP contribution >= 0.6 is 0 Å². The zero-order valence-corrected chi connectivity index (χ0v) is 8.14. The summed E-state index contributed by atoms with van der Waals surface area (Å²) in [5.74, 6) is 0. The molecule has 1 N–H and O–H groups in total. The minimum Gasteiger partial charge on any atom is -0.306 e. The Morgan fingerprint density at radius 3 is 2.88 bits per heavy atom. The molecule has 0 fully saturated rings. The normalized spacial score (nSPS) is 12.2. The average molecular weight is 229 g/mol. The molecule has 6 heteroatoms. The van der Waals surface area contributed by atoms with Crippen molar-refractivity contribution in [1.82, 2.24) is 9.55 Å². The minimum absolute atomic E-state index is 0.369. The number of H-pyrrole nitrogens is 1. The molecule has 1 aromatic heterocycles. The van der Waals surface area contributed by atoms with Gasteiger partial charge in [-0.25, -0.2) is 4.79 Å². The van der Waals surface area contributed by atoms with E-state index in [4.69, 9.17) is 0 Å². The zero-order valence-electron chi connectivity index (χ0n) is 8.14. The molecule has 3 nitrogen and oxygen atoms in total. The largest absolute Gasteiger partial charge is 0.390 e. The van der Waals surface area contributed by atoms with Crippen LogP contribution in [0.3, 0.4) is 0 Å². The zero-order chi connectivity index (χ0) is 11.8. The molecular formula is C10H8F3N2O. The first-order valence-electron chi connectivity index (χ1n) is 4.63. The molecule has 0 aliphatic rings. The van der Waals surface area contributed by atoms with Crippen molar-refractivity contribution in [1.29, 1.82) is 0 Å². The predicted octanol–water partition coefficient (Wildman–Crippen LogP) is 2.08. The van der Waals surface area contributed by atoms with Crippen molar-refractivity contribution in [3.8, 4) is 0 Å². The van der Waals surface area contributed by atoms with Gasteiger partial charge in [-0.15, -0.1) is 0 Å². The Labute approximate surface area is 88.5 Å². The third-order valence-corrected chi connectivity index (χ3v) is 2.24. The Kier molecular flexibility index (Phi) is 2.49. The molecule has 0 saturated carbocycles. The molecular weight excluding hydrogens is 221 g/mol. The lowest BCUT2D eigenvalue weighted by Gasteiger charge is -2.06. The molecule has 2 rings (SSSR count). The van der Waals surface area contributed by atoms with Crippen molar-refractivity contribution in [2.24, 2.45) is 0 Å². The fourth-order valence-electron chi connectivity index (χ4n) is 1.51. The molecule has 0 saturated heterocycles. The van der Waals surface area contributed by atoms with E-state index in [2.05, 4.69) is 11.1 Å². The molecule has 16 heavy (non-hydrogen) atoms. The number of hydrogen-bond acceptors (Lipinski definition) is 1. The number of hydrogen-bond donors (Lipinski definition) is 1. The van der Waals surface area contributed by atoms with E-state index in [1.807, 2.05) is 0 Å². The van der Waals surface area contributed by atoms with E-state index in [1.54, 1.807) is 12.1 Å². The highest BCUT2D eigenvalue weighted by molar-refractivity contribution is 5.74.